The third-order valence-electron chi connectivity index (χ3n) is 3.28. The van der Waals surface area contributed by atoms with Crippen molar-refractivity contribution in [3.8, 4) is 5.75 Å². The van der Waals surface area contributed by atoms with Crippen LogP contribution in [0.4, 0.5) is 0 Å². The van der Waals surface area contributed by atoms with Crippen molar-refractivity contribution in [1.82, 2.24) is 0 Å². The highest BCUT2D eigenvalue weighted by Gasteiger charge is 2.16. The fourth-order valence-corrected chi connectivity index (χ4v) is 2.15. The Morgan fingerprint density at radius 2 is 1.65 bits per heavy atom. The van der Waals surface area contributed by atoms with Gasteiger partial charge in [-0.1, -0.05) is 42.5 Å². The molecule has 2 rings (SSSR count). The van der Waals surface area contributed by atoms with Gasteiger partial charge in [0.25, 0.3) is 0 Å². The lowest BCUT2D eigenvalue weighted by molar-refractivity contribution is -0.146. The lowest BCUT2D eigenvalue weighted by Crippen LogP contribution is -2.34. The van der Waals surface area contributed by atoms with Gasteiger partial charge in [0, 0.05) is 0 Å². The van der Waals surface area contributed by atoms with E-state index in [4.69, 9.17) is 15.2 Å². The predicted molar refractivity (Wildman–Crippen MR) is 90.1 cm³/mol. The summed E-state index contributed by atoms with van der Waals surface area (Å²) in [6.07, 6.45) is 0.575. The number of hydrogen-bond donors (Lipinski definition) is 1. The molecule has 0 unspecified atom stereocenters. The van der Waals surface area contributed by atoms with Crippen molar-refractivity contribution in [3.63, 3.8) is 0 Å². The fourth-order valence-electron chi connectivity index (χ4n) is 2.15. The van der Waals surface area contributed by atoms with Crippen LogP contribution in [0.3, 0.4) is 0 Å². The van der Waals surface area contributed by atoms with Crippen molar-refractivity contribution >= 4 is 5.97 Å². The highest BCUT2D eigenvalue weighted by molar-refractivity contribution is 5.75. The minimum Gasteiger partial charge on any atom is -0.491 e. The van der Waals surface area contributed by atoms with Crippen molar-refractivity contribution in [2.24, 2.45) is 5.73 Å². The van der Waals surface area contributed by atoms with Gasteiger partial charge in [-0.3, -0.25) is 4.79 Å². The Balaban J connectivity index is 1.83. The molecule has 4 nitrogen and oxygen atoms in total. The molecule has 0 saturated heterocycles. The number of carbonyl (C=O) groups is 1. The SMILES string of the molecule is CC(C)Oc1ccc(C[C@H](N)C(=O)OCc2ccccc2)cc1. The quantitative estimate of drug-likeness (QED) is 0.798. The topological polar surface area (TPSA) is 61.5 Å². The number of ether oxygens (including phenoxy) is 2. The smallest absolute Gasteiger partial charge is 0.323 e. The Kier molecular flexibility index (Phi) is 6.18. The van der Waals surface area contributed by atoms with Crippen LogP contribution >= 0.6 is 0 Å². The highest BCUT2D eigenvalue weighted by Crippen LogP contribution is 2.15. The summed E-state index contributed by atoms with van der Waals surface area (Å²) in [7, 11) is 0. The molecular weight excluding hydrogens is 290 g/mol. The van der Waals surface area contributed by atoms with Gasteiger partial charge in [0.2, 0.25) is 0 Å². The molecule has 0 radical (unpaired) electrons. The van der Waals surface area contributed by atoms with E-state index in [-0.39, 0.29) is 12.7 Å². The normalized spacial score (nSPS) is 12.0. The van der Waals surface area contributed by atoms with Gasteiger partial charge in [-0.05, 0) is 43.5 Å². The maximum absolute atomic E-state index is 12.0. The Bertz CT molecular complexity index is 608. The van der Waals surface area contributed by atoms with Gasteiger partial charge in [-0.25, -0.2) is 0 Å². The minimum atomic E-state index is -0.671. The van der Waals surface area contributed by atoms with E-state index in [2.05, 4.69) is 0 Å². The number of benzene rings is 2. The molecule has 0 aromatic heterocycles. The summed E-state index contributed by atoms with van der Waals surface area (Å²) >= 11 is 0. The molecule has 2 aromatic rings. The minimum absolute atomic E-state index is 0.135. The largest absolute Gasteiger partial charge is 0.491 e. The van der Waals surface area contributed by atoms with Crippen molar-refractivity contribution in [1.29, 1.82) is 0 Å². The van der Waals surface area contributed by atoms with Crippen LogP contribution in [-0.4, -0.2) is 18.1 Å². The van der Waals surface area contributed by atoms with E-state index in [9.17, 15) is 4.79 Å². The Hall–Kier alpha value is -2.33. The molecule has 1 atom stereocenters. The number of rotatable bonds is 7. The zero-order chi connectivity index (χ0) is 16.7. The fraction of sp³-hybridized carbons (Fsp3) is 0.316. The third-order valence-corrected chi connectivity index (χ3v) is 3.28. The van der Waals surface area contributed by atoms with Crippen molar-refractivity contribution < 1.29 is 14.3 Å². The lowest BCUT2D eigenvalue weighted by atomic mass is 10.1. The standard InChI is InChI=1S/C19H23NO3/c1-14(2)23-17-10-8-15(9-11-17)12-18(20)19(21)22-13-16-6-4-3-5-7-16/h3-11,14,18H,12-13,20H2,1-2H3/t18-/m0/s1. The Morgan fingerprint density at radius 1 is 1.00 bits per heavy atom. The van der Waals surface area contributed by atoms with E-state index < -0.39 is 12.0 Å². The number of hydrogen-bond acceptors (Lipinski definition) is 4. The van der Waals surface area contributed by atoms with Crippen LogP contribution in [0.25, 0.3) is 0 Å². The number of nitrogens with two attached hydrogens (primary N) is 1. The second-order valence-electron chi connectivity index (χ2n) is 5.71. The maximum atomic E-state index is 12.0. The van der Waals surface area contributed by atoms with Crippen LogP contribution < -0.4 is 10.5 Å². The molecule has 0 amide bonds. The molecule has 0 spiro atoms. The zero-order valence-corrected chi connectivity index (χ0v) is 13.6. The monoisotopic (exact) mass is 313 g/mol. The van der Waals surface area contributed by atoms with Gasteiger partial charge in [0.1, 0.15) is 18.4 Å². The summed E-state index contributed by atoms with van der Waals surface area (Å²) in [6.45, 7) is 4.20. The van der Waals surface area contributed by atoms with Crippen molar-refractivity contribution in [2.75, 3.05) is 0 Å². The van der Waals surface area contributed by atoms with E-state index in [1.54, 1.807) is 0 Å². The van der Waals surface area contributed by atoms with Crippen LogP contribution in [0.1, 0.15) is 25.0 Å². The molecular formula is C19H23NO3. The first kappa shape index (κ1) is 17.0. The first-order chi connectivity index (χ1) is 11.0. The Morgan fingerprint density at radius 3 is 2.26 bits per heavy atom. The molecule has 122 valence electrons. The van der Waals surface area contributed by atoms with E-state index in [1.807, 2.05) is 68.4 Å². The summed E-state index contributed by atoms with van der Waals surface area (Å²) in [4.78, 5) is 12.0. The Labute approximate surface area is 137 Å². The average molecular weight is 313 g/mol. The van der Waals surface area contributed by atoms with Gasteiger partial charge < -0.3 is 15.2 Å². The lowest BCUT2D eigenvalue weighted by Gasteiger charge is -2.13. The van der Waals surface area contributed by atoms with E-state index in [0.29, 0.717) is 6.42 Å². The molecule has 2 aromatic carbocycles. The molecule has 23 heavy (non-hydrogen) atoms. The van der Waals surface area contributed by atoms with Gasteiger partial charge in [-0.2, -0.15) is 0 Å². The zero-order valence-electron chi connectivity index (χ0n) is 13.6. The summed E-state index contributed by atoms with van der Waals surface area (Å²) in [5.41, 5.74) is 7.85. The summed E-state index contributed by atoms with van der Waals surface area (Å²) in [6, 6.07) is 16.5. The molecule has 0 saturated carbocycles. The number of carbonyl (C=O) groups excluding carboxylic acids is 1. The molecule has 0 aliphatic rings. The first-order valence-corrected chi connectivity index (χ1v) is 7.76. The molecule has 2 N–H and O–H groups in total. The molecule has 0 fully saturated rings. The van der Waals surface area contributed by atoms with E-state index >= 15 is 0 Å². The van der Waals surface area contributed by atoms with Crippen LogP contribution in [0.2, 0.25) is 0 Å². The van der Waals surface area contributed by atoms with Crippen molar-refractivity contribution in [3.05, 3.63) is 65.7 Å². The predicted octanol–water partition coefficient (Wildman–Crippen LogP) is 3.09. The molecule has 0 aliphatic carbocycles. The van der Waals surface area contributed by atoms with Crippen molar-refractivity contribution in [2.45, 2.75) is 39.0 Å². The van der Waals surface area contributed by atoms with Gasteiger partial charge in [0.15, 0.2) is 0 Å². The number of esters is 1. The second-order valence-corrected chi connectivity index (χ2v) is 5.71. The highest BCUT2D eigenvalue weighted by atomic mass is 16.5. The molecule has 0 bridgehead atoms. The van der Waals surface area contributed by atoms with Gasteiger partial charge in [-0.15, -0.1) is 0 Å². The first-order valence-electron chi connectivity index (χ1n) is 7.76. The summed E-state index contributed by atoms with van der Waals surface area (Å²) in [5.74, 6) is 0.417. The van der Waals surface area contributed by atoms with Crippen LogP contribution in [0.15, 0.2) is 54.6 Å². The van der Waals surface area contributed by atoms with Crippen LogP contribution in [0.5, 0.6) is 5.75 Å². The third kappa shape index (κ3) is 5.75. The van der Waals surface area contributed by atoms with E-state index in [0.717, 1.165) is 16.9 Å². The van der Waals surface area contributed by atoms with Crippen LogP contribution in [0, 0.1) is 0 Å². The molecule has 0 heterocycles. The average Bonchev–Trinajstić information content (AvgIpc) is 2.55. The van der Waals surface area contributed by atoms with Gasteiger partial charge >= 0.3 is 5.97 Å². The maximum Gasteiger partial charge on any atom is 0.323 e. The van der Waals surface area contributed by atoms with E-state index in [1.165, 1.54) is 0 Å². The van der Waals surface area contributed by atoms with Gasteiger partial charge in [0.05, 0.1) is 6.10 Å². The second kappa shape index (κ2) is 8.34. The molecule has 0 aliphatic heterocycles. The molecule has 4 heteroatoms. The van der Waals surface area contributed by atoms with Crippen LogP contribution in [-0.2, 0) is 22.6 Å². The summed E-state index contributed by atoms with van der Waals surface area (Å²) < 4.78 is 10.8. The summed E-state index contributed by atoms with van der Waals surface area (Å²) in [5, 5.41) is 0.